The standard InChI is InChI=1S/C7H13N3/c8-4-6(9)7(10)5-2-1-3-5/h4-5,10H,1-3,8-9H2. The van der Waals surface area contributed by atoms with Gasteiger partial charge in [-0.05, 0) is 12.8 Å². The fraction of sp³-hybridized carbons (Fsp3) is 0.571. The minimum Gasteiger partial charge on any atom is -0.403 e. The van der Waals surface area contributed by atoms with E-state index in [1.165, 1.54) is 12.6 Å². The molecule has 0 bridgehead atoms. The van der Waals surface area contributed by atoms with Gasteiger partial charge in [0.05, 0.1) is 11.4 Å². The van der Waals surface area contributed by atoms with Crippen molar-refractivity contribution in [1.29, 1.82) is 5.41 Å². The number of hydrogen-bond donors (Lipinski definition) is 3. The molecule has 0 saturated heterocycles. The average Bonchev–Trinajstić information content (AvgIpc) is 1.82. The molecule has 1 rings (SSSR count). The predicted octanol–water partition coefficient (Wildman–Crippen LogP) is 0.565. The highest BCUT2D eigenvalue weighted by Crippen LogP contribution is 2.28. The van der Waals surface area contributed by atoms with Gasteiger partial charge in [-0.2, -0.15) is 0 Å². The van der Waals surface area contributed by atoms with Crippen molar-refractivity contribution in [3.8, 4) is 0 Å². The zero-order chi connectivity index (χ0) is 7.56. The lowest BCUT2D eigenvalue weighted by Gasteiger charge is -2.25. The quantitative estimate of drug-likeness (QED) is 0.489. The summed E-state index contributed by atoms with van der Waals surface area (Å²) in [6.45, 7) is 0. The minimum atomic E-state index is 0.389. The van der Waals surface area contributed by atoms with E-state index in [0.717, 1.165) is 12.8 Å². The van der Waals surface area contributed by atoms with Crippen LogP contribution in [0.4, 0.5) is 0 Å². The van der Waals surface area contributed by atoms with E-state index in [9.17, 15) is 0 Å². The maximum atomic E-state index is 7.48. The Bertz CT molecular complexity index is 168. The lowest BCUT2D eigenvalue weighted by atomic mass is 9.81. The van der Waals surface area contributed by atoms with Gasteiger partial charge in [0.2, 0.25) is 0 Å². The number of allylic oxidation sites excluding steroid dienone is 1. The molecule has 1 fully saturated rings. The normalized spacial score (nSPS) is 20.2. The van der Waals surface area contributed by atoms with Gasteiger partial charge in [-0.3, -0.25) is 0 Å². The van der Waals surface area contributed by atoms with Crippen molar-refractivity contribution in [2.45, 2.75) is 19.3 Å². The van der Waals surface area contributed by atoms with Crippen LogP contribution in [0.15, 0.2) is 11.9 Å². The SMILES string of the molecule is N=C(C(N)=CN)C1CCC1. The second-order valence-corrected chi connectivity index (χ2v) is 2.66. The van der Waals surface area contributed by atoms with E-state index in [1.807, 2.05) is 0 Å². The second-order valence-electron chi connectivity index (χ2n) is 2.66. The minimum absolute atomic E-state index is 0.389. The lowest BCUT2D eigenvalue weighted by Crippen LogP contribution is -2.26. The molecule has 0 aromatic rings. The Labute approximate surface area is 60.6 Å². The van der Waals surface area contributed by atoms with Crippen LogP contribution in [0.5, 0.6) is 0 Å². The van der Waals surface area contributed by atoms with Crippen molar-refractivity contribution < 1.29 is 0 Å². The molecule has 0 spiro atoms. The van der Waals surface area contributed by atoms with Crippen LogP contribution in [0.3, 0.4) is 0 Å². The first-order valence-electron chi connectivity index (χ1n) is 3.52. The lowest BCUT2D eigenvalue weighted by molar-refractivity contribution is 0.412. The van der Waals surface area contributed by atoms with Crippen LogP contribution in [-0.2, 0) is 0 Å². The first-order chi connectivity index (χ1) is 4.75. The van der Waals surface area contributed by atoms with Gasteiger partial charge in [0.25, 0.3) is 0 Å². The van der Waals surface area contributed by atoms with Gasteiger partial charge in [-0.1, -0.05) is 6.42 Å². The molecule has 0 atom stereocenters. The van der Waals surface area contributed by atoms with E-state index in [-0.39, 0.29) is 0 Å². The molecular weight excluding hydrogens is 126 g/mol. The van der Waals surface area contributed by atoms with Gasteiger partial charge < -0.3 is 16.9 Å². The highest BCUT2D eigenvalue weighted by Gasteiger charge is 2.22. The van der Waals surface area contributed by atoms with Crippen LogP contribution in [-0.4, -0.2) is 5.71 Å². The van der Waals surface area contributed by atoms with Crippen molar-refractivity contribution in [2.24, 2.45) is 17.4 Å². The summed E-state index contributed by atoms with van der Waals surface area (Å²) in [6.07, 6.45) is 4.74. The monoisotopic (exact) mass is 139 g/mol. The molecule has 0 radical (unpaired) electrons. The Morgan fingerprint density at radius 1 is 1.50 bits per heavy atom. The molecule has 1 aliphatic rings. The highest BCUT2D eigenvalue weighted by atomic mass is 14.7. The molecule has 56 valence electrons. The van der Waals surface area contributed by atoms with Gasteiger partial charge in [0.15, 0.2) is 0 Å². The summed E-state index contributed by atoms with van der Waals surface area (Å²) in [7, 11) is 0. The molecule has 0 unspecified atom stereocenters. The summed E-state index contributed by atoms with van der Waals surface area (Å²) in [6, 6.07) is 0. The molecule has 0 aliphatic heterocycles. The zero-order valence-electron chi connectivity index (χ0n) is 5.93. The van der Waals surface area contributed by atoms with E-state index >= 15 is 0 Å². The largest absolute Gasteiger partial charge is 0.403 e. The zero-order valence-corrected chi connectivity index (χ0v) is 5.93. The molecule has 0 aromatic carbocycles. The Balaban J connectivity index is 2.48. The maximum Gasteiger partial charge on any atom is 0.0685 e. The summed E-state index contributed by atoms with van der Waals surface area (Å²) < 4.78 is 0. The van der Waals surface area contributed by atoms with Crippen molar-refractivity contribution in [3.63, 3.8) is 0 Å². The number of nitrogens with two attached hydrogens (primary N) is 2. The molecule has 0 aromatic heterocycles. The van der Waals surface area contributed by atoms with Gasteiger partial charge in [-0.25, -0.2) is 0 Å². The van der Waals surface area contributed by atoms with E-state index in [1.54, 1.807) is 0 Å². The van der Waals surface area contributed by atoms with Crippen molar-refractivity contribution >= 4 is 5.71 Å². The summed E-state index contributed by atoms with van der Waals surface area (Å²) in [4.78, 5) is 0. The smallest absolute Gasteiger partial charge is 0.0685 e. The molecule has 1 aliphatic carbocycles. The molecule has 5 N–H and O–H groups in total. The third-order valence-electron chi connectivity index (χ3n) is 2.00. The van der Waals surface area contributed by atoms with Gasteiger partial charge in [-0.15, -0.1) is 0 Å². The molecule has 0 amide bonds. The maximum absolute atomic E-state index is 7.48. The first-order valence-corrected chi connectivity index (χ1v) is 3.52. The Morgan fingerprint density at radius 3 is 2.40 bits per heavy atom. The predicted molar refractivity (Wildman–Crippen MR) is 41.5 cm³/mol. The van der Waals surface area contributed by atoms with E-state index < -0.39 is 0 Å². The number of nitrogens with one attached hydrogen (secondary N) is 1. The van der Waals surface area contributed by atoms with Crippen LogP contribution >= 0.6 is 0 Å². The van der Waals surface area contributed by atoms with Crippen molar-refractivity contribution in [1.82, 2.24) is 0 Å². The highest BCUT2D eigenvalue weighted by molar-refractivity contribution is 5.98. The van der Waals surface area contributed by atoms with Crippen LogP contribution in [0.25, 0.3) is 0 Å². The van der Waals surface area contributed by atoms with Crippen LogP contribution in [0.1, 0.15) is 19.3 Å². The van der Waals surface area contributed by atoms with Crippen LogP contribution in [0, 0.1) is 11.3 Å². The van der Waals surface area contributed by atoms with Crippen molar-refractivity contribution in [3.05, 3.63) is 11.9 Å². The molecule has 0 heterocycles. The molecule has 1 saturated carbocycles. The van der Waals surface area contributed by atoms with Crippen molar-refractivity contribution in [2.75, 3.05) is 0 Å². The summed E-state index contributed by atoms with van der Waals surface area (Å²) in [5.41, 5.74) is 11.6. The van der Waals surface area contributed by atoms with Gasteiger partial charge in [0.1, 0.15) is 0 Å². The first kappa shape index (κ1) is 7.12. The van der Waals surface area contributed by atoms with Crippen LogP contribution in [0.2, 0.25) is 0 Å². The Hall–Kier alpha value is -0.990. The molecular formula is C7H13N3. The Kier molecular flexibility index (Phi) is 1.94. The Morgan fingerprint density at radius 2 is 2.10 bits per heavy atom. The fourth-order valence-electron chi connectivity index (χ4n) is 1.02. The van der Waals surface area contributed by atoms with Gasteiger partial charge in [0, 0.05) is 12.1 Å². The molecule has 3 nitrogen and oxygen atoms in total. The fourth-order valence-corrected chi connectivity index (χ4v) is 1.02. The number of rotatable bonds is 2. The summed E-state index contributed by atoms with van der Waals surface area (Å²) >= 11 is 0. The third-order valence-corrected chi connectivity index (χ3v) is 2.00. The van der Waals surface area contributed by atoms with E-state index in [2.05, 4.69) is 0 Å². The number of hydrogen-bond acceptors (Lipinski definition) is 3. The topological polar surface area (TPSA) is 75.9 Å². The summed E-state index contributed by atoms with van der Waals surface area (Å²) in [5, 5.41) is 7.48. The molecule has 3 heteroatoms. The second kappa shape index (κ2) is 2.73. The molecule has 10 heavy (non-hydrogen) atoms. The van der Waals surface area contributed by atoms with E-state index in [0.29, 0.717) is 17.3 Å². The van der Waals surface area contributed by atoms with Crippen LogP contribution < -0.4 is 11.5 Å². The average molecular weight is 139 g/mol. The van der Waals surface area contributed by atoms with Gasteiger partial charge >= 0.3 is 0 Å². The third kappa shape index (κ3) is 1.12. The summed E-state index contributed by atoms with van der Waals surface area (Å²) in [5.74, 6) is 0.389. The van der Waals surface area contributed by atoms with E-state index in [4.69, 9.17) is 16.9 Å².